The molecule has 9 N–H and O–H groups in total. The van der Waals surface area contributed by atoms with Gasteiger partial charge in [-0.2, -0.15) is 0 Å². The molecule has 156 valence electrons. The van der Waals surface area contributed by atoms with Gasteiger partial charge in [-0.25, -0.2) is 0 Å². The summed E-state index contributed by atoms with van der Waals surface area (Å²) < 4.78 is 0. The van der Waals surface area contributed by atoms with Crippen LogP contribution < -0.4 is 27.8 Å². The van der Waals surface area contributed by atoms with Crippen LogP contribution in [0.1, 0.15) is 25.3 Å². The predicted molar refractivity (Wildman–Crippen MR) is 111 cm³/mol. The van der Waals surface area contributed by atoms with Crippen molar-refractivity contribution in [1.29, 1.82) is 0 Å². The molecule has 0 aliphatic carbocycles. The highest BCUT2D eigenvalue weighted by molar-refractivity contribution is 5.92. The monoisotopic (exact) mass is 401 g/mol. The number of guanidine groups is 1. The SMILES string of the molecule is CC(=O)N[C@@H](Cc1c[nH]c2ccccc12)C(=O)N[C@@H](CCCN=C(N)N)C(N)=O. The summed E-state index contributed by atoms with van der Waals surface area (Å²) in [5, 5.41) is 6.22. The quantitative estimate of drug-likeness (QED) is 0.173. The first-order chi connectivity index (χ1) is 13.8. The number of aromatic nitrogens is 1. The minimum absolute atomic E-state index is 0.0471. The van der Waals surface area contributed by atoms with Gasteiger partial charge in [-0.15, -0.1) is 0 Å². The lowest BCUT2D eigenvalue weighted by atomic mass is 10.0. The Hall–Kier alpha value is -3.56. The summed E-state index contributed by atoms with van der Waals surface area (Å²) in [6, 6.07) is 5.90. The molecule has 10 heteroatoms. The summed E-state index contributed by atoms with van der Waals surface area (Å²) in [4.78, 5) is 43.1. The number of aromatic amines is 1. The minimum Gasteiger partial charge on any atom is -0.370 e. The van der Waals surface area contributed by atoms with Crippen LogP contribution in [0.4, 0.5) is 0 Å². The van der Waals surface area contributed by atoms with Crippen LogP contribution in [0.3, 0.4) is 0 Å². The highest BCUT2D eigenvalue weighted by Crippen LogP contribution is 2.19. The molecule has 0 saturated heterocycles. The fourth-order valence-electron chi connectivity index (χ4n) is 3.04. The second-order valence-electron chi connectivity index (χ2n) is 6.73. The molecule has 10 nitrogen and oxygen atoms in total. The number of nitrogens with zero attached hydrogens (tertiary/aromatic N) is 1. The summed E-state index contributed by atoms with van der Waals surface area (Å²) >= 11 is 0. The van der Waals surface area contributed by atoms with Crippen molar-refractivity contribution in [2.45, 2.75) is 38.3 Å². The molecule has 3 amide bonds. The standard InChI is InChI=1S/C19H27N7O3/c1-11(27)25-16(9-12-10-24-14-6-3-2-5-13(12)14)18(29)26-15(17(20)28)7-4-8-23-19(21)22/h2-3,5-6,10,15-16,24H,4,7-9H2,1H3,(H2,20,28)(H,25,27)(H,26,29)(H4,21,22,23)/t15-,16-/m0/s1. The van der Waals surface area contributed by atoms with Gasteiger partial charge >= 0.3 is 0 Å². The maximum Gasteiger partial charge on any atom is 0.243 e. The number of nitrogens with one attached hydrogen (secondary N) is 3. The van der Waals surface area contributed by atoms with Crippen LogP contribution in [-0.2, 0) is 20.8 Å². The number of carbonyl (C=O) groups is 3. The number of fused-ring (bicyclic) bond motifs is 1. The molecule has 0 fully saturated rings. The van der Waals surface area contributed by atoms with E-state index in [0.717, 1.165) is 16.5 Å². The van der Waals surface area contributed by atoms with E-state index in [4.69, 9.17) is 17.2 Å². The van der Waals surface area contributed by atoms with Crippen LogP contribution in [0, 0.1) is 0 Å². The van der Waals surface area contributed by atoms with Gasteiger partial charge < -0.3 is 32.8 Å². The van der Waals surface area contributed by atoms with E-state index in [-0.39, 0.29) is 24.7 Å². The number of aliphatic imine (C=N–C) groups is 1. The first-order valence-corrected chi connectivity index (χ1v) is 9.25. The molecule has 1 heterocycles. The van der Waals surface area contributed by atoms with Crippen molar-refractivity contribution in [2.75, 3.05) is 6.54 Å². The first kappa shape index (κ1) is 21.7. The average molecular weight is 401 g/mol. The van der Waals surface area contributed by atoms with E-state index in [1.807, 2.05) is 24.3 Å². The average Bonchev–Trinajstić information content (AvgIpc) is 3.06. The van der Waals surface area contributed by atoms with Crippen LogP contribution in [0.2, 0.25) is 0 Å². The summed E-state index contributed by atoms with van der Waals surface area (Å²) in [7, 11) is 0. The molecule has 0 unspecified atom stereocenters. The van der Waals surface area contributed by atoms with Crippen molar-refractivity contribution in [1.82, 2.24) is 15.6 Å². The zero-order valence-corrected chi connectivity index (χ0v) is 16.3. The smallest absolute Gasteiger partial charge is 0.243 e. The van der Waals surface area contributed by atoms with Gasteiger partial charge in [0.1, 0.15) is 12.1 Å². The Morgan fingerprint density at radius 3 is 2.48 bits per heavy atom. The second-order valence-corrected chi connectivity index (χ2v) is 6.73. The molecule has 0 aliphatic heterocycles. The third-order valence-electron chi connectivity index (χ3n) is 4.40. The van der Waals surface area contributed by atoms with E-state index in [1.165, 1.54) is 6.92 Å². The van der Waals surface area contributed by atoms with Crippen LogP contribution in [0.15, 0.2) is 35.5 Å². The molecule has 2 atom stereocenters. The maximum atomic E-state index is 12.8. The molecule has 2 rings (SSSR count). The number of amides is 3. The Labute approximate surface area is 168 Å². The van der Waals surface area contributed by atoms with E-state index in [9.17, 15) is 14.4 Å². The number of hydrogen-bond donors (Lipinski definition) is 6. The second kappa shape index (κ2) is 10.1. The first-order valence-electron chi connectivity index (χ1n) is 9.25. The Kier molecular flexibility index (Phi) is 7.58. The van der Waals surface area contributed by atoms with Crippen LogP contribution >= 0.6 is 0 Å². The lowest BCUT2D eigenvalue weighted by molar-refractivity contribution is -0.130. The van der Waals surface area contributed by atoms with E-state index >= 15 is 0 Å². The Bertz CT molecular complexity index is 902. The van der Waals surface area contributed by atoms with Gasteiger partial charge in [-0.05, 0) is 24.5 Å². The lowest BCUT2D eigenvalue weighted by Gasteiger charge is -2.21. The van der Waals surface area contributed by atoms with Crippen molar-refractivity contribution in [3.8, 4) is 0 Å². The normalized spacial score (nSPS) is 12.7. The van der Waals surface area contributed by atoms with Gasteiger partial charge in [0.25, 0.3) is 0 Å². The number of hydrogen-bond acceptors (Lipinski definition) is 4. The number of H-pyrrole nitrogens is 1. The Morgan fingerprint density at radius 1 is 1.10 bits per heavy atom. The lowest BCUT2D eigenvalue weighted by Crippen LogP contribution is -2.53. The van der Waals surface area contributed by atoms with Crippen LogP contribution in [-0.4, -0.2) is 47.3 Å². The van der Waals surface area contributed by atoms with E-state index < -0.39 is 23.9 Å². The van der Waals surface area contributed by atoms with Gasteiger partial charge in [0.05, 0.1) is 0 Å². The summed E-state index contributed by atoms with van der Waals surface area (Å²) in [6.07, 6.45) is 2.79. The van der Waals surface area contributed by atoms with Crippen molar-refractivity contribution in [3.63, 3.8) is 0 Å². The van der Waals surface area contributed by atoms with Crippen LogP contribution in [0.5, 0.6) is 0 Å². The highest BCUT2D eigenvalue weighted by Gasteiger charge is 2.25. The van der Waals surface area contributed by atoms with E-state index in [2.05, 4.69) is 20.6 Å². The molecule has 1 aromatic heterocycles. The summed E-state index contributed by atoms with van der Waals surface area (Å²) in [5.41, 5.74) is 17.7. The number of nitrogens with two attached hydrogens (primary N) is 3. The fraction of sp³-hybridized carbons (Fsp3) is 0.368. The van der Waals surface area contributed by atoms with Crippen molar-refractivity contribution in [3.05, 3.63) is 36.0 Å². The van der Waals surface area contributed by atoms with E-state index in [0.29, 0.717) is 13.0 Å². The largest absolute Gasteiger partial charge is 0.370 e. The molecule has 0 aliphatic rings. The predicted octanol–water partition coefficient (Wildman–Crippen LogP) is -0.761. The summed E-state index contributed by atoms with van der Waals surface area (Å²) in [5.74, 6) is -1.56. The molecule has 0 bridgehead atoms. The molecular weight excluding hydrogens is 374 g/mol. The zero-order valence-electron chi connectivity index (χ0n) is 16.3. The van der Waals surface area contributed by atoms with Crippen molar-refractivity contribution < 1.29 is 14.4 Å². The number of rotatable bonds is 10. The Balaban J connectivity index is 2.09. The number of benzene rings is 1. The topological polar surface area (TPSA) is 181 Å². The third-order valence-corrected chi connectivity index (χ3v) is 4.40. The molecule has 0 radical (unpaired) electrons. The summed E-state index contributed by atoms with van der Waals surface area (Å²) in [6.45, 7) is 1.64. The van der Waals surface area contributed by atoms with Crippen molar-refractivity contribution >= 4 is 34.6 Å². The molecule has 0 saturated carbocycles. The molecule has 1 aromatic carbocycles. The van der Waals surface area contributed by atoms with E-state index in [1.54, 1.807) is 6.20 Å². The third kappa shape index (κ3) is 6.52. The maximum absolute atomic E-state index is 12.8. The molecular formula is C19H27N7O3. The fourth-order valence-corrected chi connectivity index (χ4v) is 3.04. The minimum atomic E-state index is -0.893. The zero-order chi connectivity index (χ0) is 21.4. The number of primary amides is 1. The molecule has 2 aromatic rings. The number of carbonyl (C=O) groups excluding carboxylic acids is 3. The number of para-hydroxylation sites is 1. The van der Waals surface area contributed by atoms with Gasteiger partial charge in [0.15, 0.2) is 5.96 Å². The van der Waals surface area contributed by atoms with Gasteiger partial charge in [0.2, 0.25) is 17.7 Å². The van der Waals surface area contributed by atoms with Gasteiger partial charge in [-0.1, -0.05) is 18.2 Å². The van der Waals surface area contributed by atoms with Crippen molar-refractivity contribution in [2.24, 2.45) is 22.2 Å². The highest BCUT2D eigenvalue weighted by atomic mass is 16.2. The molecule has 29 heavy (non-hydrogen) atoms. The van der Waals surface area contributed by atoms with Crippen LogP contribution in [0.25, 0.3) is 10.9 Å². The molecule has 0 spiro atoms. The van der Waals surface area contributed by atoms with Gasteiger partial charge in [-0.3, -0.25) is 19.4 Å². The van der Waals surface area contributed by atoms with Gasteiger partial charge in [0, 0.05) is 37.0 Å². The Morgan fingerprint density at radius 2 is 1.83 bits per heavy atom.